The van der Waals surface area contributed by atoms with Crippen LogP contribution in [0.2, 0.25) is 0 Å². The zero-order valence-electron chi connectivity index (χ0n) is 19.5. The van der Waals surface area contributed by atoms with Crippen LogP contribution in [0.4, 0.5) is 0 Å². The maximum absolute atomic E-state index is 6.43. The average molecular weight is 433 g/mol. The van der Waals surface area contributed by atoms with Crippen molar-refractivity contribution in [3.63, 3.8) is 0 Å². The largest absolute Gasteiger partial charge is 0.493 e. The monoisotopic (exact) mass is 432 g/mol. The number of hydrogen-bond donors (Lipinski definition) is 0. The first kappa shape index (κ1) is 21.5. The van der Waals surface area contributed by atoms with Gasteiger partial charge in [-0.25, -0.2) is 0 Å². The van der Waals surface area contributed by atoms with E-state index in [1.165, 1.54) is 44.5 Å². The summed E-state index contributed by atoms with van der Waals surface area (Å²) in [6.45, 7) is 2.99. The number of ether oxygens (including phenoxy) is 1. The molecule has 0 unspecified atom stereocenters. The number of rotatable bonds is 4. The molecule has 1 nitrogen and oxygen atoms in total. The van der Waals surface area contributed by atoms with Crippen LogP contribution in [-0.2, 0) is 25.7 Å². The lowest BCUT2D eigenvalue weighted by Crippen LogP contribution is -2.05. The second kappa shape index (κ2) is 10.1. The van der Waals surface area contributed by atoms with E-state index in [4.69, 9.17) is 4.74 Å². The summed E-state index contributed by atoms with van der Waals surface area (Å²) in [7, 11) is 0. The Bertz CT molecular complexity index is 1150. The molecule has 0 N–H and O–H groups in total. The van der Waals surface area contributed by atoms with Gasteiger partial charge in [0.25, 0.3) is 0 Å². The van der Waals surface area contributed by atoms with E-state index in [0.717, 1.165) is 50.9 Å². The number of fused-ring (bicyclic) bond motifs is 8. The number of benzene rings is 4. The zero-order valence-corrected chi connectivity index (χ0v) is 19.5. The molecule has 0 radical (unpaired) electrons. The highest BCUT2D eigenvalue weighted by molar-refractivity contribution is 5.47. The van der Waals surface area contributed by atoms with Crippen LogP contribution in [0.3, 0.4) is 0 Å². The fourth-order valence-electron chi connectivity index (χ4n) is 4.88. The van der Waals surface area contributed by atoms with E-state index < -0.39 is 0 Å². The van der Waals surface area contributed by atoms with Crippen LogP contribution in [0.25, 0.3) is 0 Å². The lowest BCUT2D eigenvalue weighted by molar-refractivity contribution is 0.304. The van der Waals surface area contributed by atoms with Crippen molar-refractivity contribution in [3.05, 3.63) is 136 Å². The van der Waals surface area contributed by atoms with Crippen molar-refractivity contribution in [1.82, 2.24) is 0 Å². The van der Waals surface area contributed by atoms with Crippen LogP contribution in [0.5, 0.6) is 5.75 Å². The van der Waals surface area contributed by atoms with Crippen molar-refractivity contribution in [3.8, 4) is 5.75 Å². The van der Waals surface area contributed by atoms with E-state index >= 15 is 0 Å². The quantitative estimate of drug-likeness (QED) is 0.267. The third-order valence-electron chi connectivity index (χ3n) is 6.50. The number of hydrogen-bond acceptors (Lipinski definition) is 1. The molecular formula is C32H32O. The van der Waals surface area contributed by atoms with Crippen LogP contribution in [0.15, 0.2) is 91.0 Å². The third kappa shape index (κ3) is 5.37. The number of para-hydroxylation sites is 1. The molecule has 0 heterocycles. The first-order chi connectivity index (χ1) is 16.3. The molecule has 4 aromatic carbocycles. The molecule has 0 spiro atoms. The van der Waals surface area contributed by atoms with Crippen molar-refractivity contribution in [1.29, 1.82) is 0 Å². The highest BCUT2D eigenvalue weighted by atomic mass is 16.5. The summed E-state index contributed by atoms with van der Waals surface area (Å²) in [5.74, 6) is 1.08. The Hall–Kier alpha value is -3.32. The summed E-state index contributed by atoms with van der Waals surface area (Å²) in [5, 5.41) is 0. The molecule has 4 aromatic rings. The molecule has 33 heavy (non-hydrogen) atoms. The molecule has 0 aliphatic heterocycles. The maximum Gasteiger partial charge on any atom is 0.126 e. The molecule has 8 bridgehead atoms. The molecule has 0 saturated carbocycles. The Balaban J connectivity index is 1.60. The van der Waals surface area contributed by atoms with Crippen LogP contribution in [0, 0.1) is 0 Å². The highest BCUT2D eigenvalue weighted by Crippen LogP contribution is 2.30. The zero-order chi connectivity index (χ0) is 22.5. The van der Waals surface area contributed by atoms with Crippen LogP contribution in [0.1, 0.15) is 64.3 Å². The first-order valence-corrected chi connectivity index (χ1v) is 12.2. The van der Waals surface area contributed by atoms with Gasteiger partial charge in [0.2, 0.25) is 0 Å². The van der Waals surface area contributed by atoms with E-state index in [2.05, 4.69) is 97.9 Å². The molecule has 1 heteroatoms. The van der Waals surface area contributed by atoms with Gasteiger partial charge in [-0.3, -0.25) is 0 Å². The Morgan fingerprint density at radius 3 is 1.36 bits per heavy atom. The van der Waals surface area contributed by atoms with Crippen molar-refractivity contribution in [2.24, 2.45) is 0 Å². The van der Waals surface area contributed by atoms with Gasteiger partial charge in [-0.1, -0.05) is 104 Å². The van der Waals surface area contributed by atoms with E-state index in [1.807, 2.05) is 0 Å². The predicted molar refractivity (Wildman–Crippen MR) is 137 cm³/mol. The summed E-state index contributed by atoms with van der Waals surface area (Å²) < 4.78 is 6.43. The molecule has 1 aliphatic carbocycles. The van der Waals surface area contributed by atoms with Gasteiger partial charge in [0.15, 0.2) is 0 Å². The second-order valence-corrected chi connectivity index (χ2v) is 9.27. The molecule has 0 fully saturated rings. The Morgan fingerprint density at radius 2 is 0.939 bits per heavy atom. The van der Waals surface area contributed by atoms with Gasteiger partial charge in [0, 0.05) is 12.8 Å². The standard InChI is InChI=1S/C32H32O/c1-2-3-16-33-32-30-14-7-15-31(32)23-29-13-6-11-27(21-29)19-25-9-4-8-24(17-25)18-26-10-5-12-28(20-26)22-30/h4-15,17,20-21H,2-3,16,18-19,22-23H2,1H3. The van der Waals surface area contributed by atoms with Crippen LogP contribution >= 0.6 is 0 Å². The third-order valence-corrected chi connectivity index (χ3v) is 6.50. The smallest absolute Gasteiger partial charge is 0.126 e. The Labute approximate surface area is 198 Å². The minimum Gasteiger partial charge on any atom is -0.493 e. The summed E-state index contributed by atoms with van der Waals surface area (Å²) in [5.41, 5.74) is 10.7. The second-order valence-electron chi connectivity index (χ2n) is 9.27. The summed E-state index contributed by atoms with van der Waals surface area (Å²) >= 11 is 0. The van der Waals surface area contributed by atoms with Crippen LogP contribution in [-0.4, -0.2) is 6.61 Å². The van der Waals surface area contributed by atoms with Crippen molar-refractivity contribution < 1.29 is 4.74 Å². The predicted octanol–water partition coefficient (Wildman–Crippen LogP) is 7.54. The van der Waals surface area contributed by atoms with Crippen molar-refractivity contribution in [2.45, 2.75) is 45.4 Å². The van der Waals surface area contributed by atoms with Gasteiger partial charge in [-0.05, 0) is 63.8 Å². The van der Waals surface area contributed by atoms with Gasteiger partial charge in [-0.2, -0.15) is 0 Å². The molecule has 1 aliphatic rings. The Morgan fingerprint density at radius 1 is 0.545 bits per heavy atom. The van der Waals surface area contributed by atoms with E-state index in [-0.39, 0.29) is 0 Å². The summed E-state index contributed by atoms with van der Waals surface area (Å²) in [6, 6.07) is 33.8. The molecule has 0 amide bonds. The van der Waals surface area contributed by atoms with Gasteiger partial charge >= 0.3 is 0 Å². The Kier molecular flexibility index (Phi) is 6.58. The lowest BCUT2D eigenvalue weighted by atomic mass is 9.93. The summed E-state index contributed by atoms with van der Waals surface area (Å²) in [4.78, 5) is 0. The van der Waals surface area contributed by atoms with Gasteiger partial charge in [0.05, 0.1) is 6.61 Å². The minimum absolute atomic E-state index is 0.773. The molecule has 0 aromatic heterocycles. The van der Waals surface area contributed by atoms with E-state index in [1.54, 1.807) is 0 Å². The topological polar surface area (TPSA) is 9.23 Å². The number of unbranched alkanes of at least 4 members (excludes halogenated alkanes) is 1. The van der Waals surface area contributed by atoms with Gasteiger partial charge in [0.1, 0.15) is 5.75 Å². The minimum atomic E-state index is 0.773. The average Bonchev–Trinajstić information content (AvgIpc) is 2.81. The first-order valence-electron chi connectivity index (χ1n) is 12.2. The van der Waals surface area contributed by atoms with E-state index in [0.29, 0.717) is 0 Å². The SMILES string of the molecule is CCCCOc1c2cccc1Cc1cccc(c1)Cc1cccc(c1)Cc1cccc(c1)C2. The molecule has 0 atom stereocenters. The summed E-state index contributed by atoms with van der Waals surface area (Å²) in [6.07, 6.45) is 5.92. The van der Waals surface area contributed by atoms with Crippen molar-refractivity contribution >= 4 is 0 Å². The fraction of sp³-hybridized carbons (Fsp3) is 0.250. The molecular weight excluding hydrogens is 400 g/mol. The van der Waals surface area contributed by atoms with Gasteiger partial charge in [-0.15, -0.1) is 0 Å². The molecule has 5 rings (SSSR count). The molecule has 166 valence electrons. The van der Waals surface area contributed by atoms with Crippen molar-refractivity contribution in [2.75, 3.05) is 6.61 Å². The maximum atomic E-state index is 6.43. The highest BCUT2D eigenvalue weighted by Gasteiger charge is 2.13. The molecule has 0 saturated heterocycles. The normalized spacial score (nSPS) is 12.9. The van der Waals surface area contributed by atoms with Gasteiger partial charge < -0.3 is 4.74 Å². The van der Waals surface area contributed by atoms with Crippen LogP contribution < -0.4 is 4.74 Å². The fourth-order valence-corrected chi connectivity index (χ4v) is 4.88. The lowest BCUT2D eigenvalue weighted by Gasteiger charge is -2.17. The van der Waals surface area contributed by atoms with E-state index in [9.17, 15) is 0 Å².